The standard InChI is InChI=1S/C13H25N3O2.ClH/c1-9(11(17)16-13(2,3)4)15-12(18)10-6-5-7-14-8-10;/h9-10,14H,5-8H2,1-4H3,(H,15,18)(H,16,17);1H/t9?,10-;/m1./s1. The van der Waals surface area contributed by atoms with E-state index in [1.807, 2.05) is 20.8 Å². The van der Waals surface area contributed by atoms with Crippen molar-refractivity contribution in [3.63, 3.8) is 0 Å². The van der Waals surface area contributed by atoms with E-state index in [0.29, 0.717) is 6.54 Å². The fraction of sp³-hybridized carbons (Fsp3) is 0.846. The predicted molar refractivity (Wildman–Crippen MR) is 78.3 cm³/mol. The molecule has 1 rings (SSSR count). The Labute approximate surface area is 121 Å². The van der Waals surface area contributed by atoms with Crippen molar-refractivity contribution in [1.82, 2.24) is 16.0 Å². The van der Waals surface area contributed by atoms with E-state index >= 15 is 0 Å². The molecule has 19 heavy (non-hydrogen) atoms. The molecule has 0 aromatic carbocycles. The Morgan fingerprint density at radius 2 is 1.95 bits per heavy atom. The number of carbonyl (C=O) groups is 2. The van der Waals surface area contributed by atoms with E-state index in [9.17, 15) is 9.59 Å². The summed E-state index contributed by atoms with van der Waals surface area (Å²) in [5.74, 6) is -0.179. The summed E-state index contributed by atoms with van der Waals surface area (Å²) in [6.07, 6.45) is 1.91. The SMILES string of the molecule is CC(NC(=O)[C@@H]1CCCNC1)C(=O)NC(C)(C)C.Cl. The molecule has 0 bridgehead atoms. The molecule has 112 valence electrons. The number of amides is 2. The van der Waals surface area contributed by atoms with Crippen LogP contribution in [0.3, 0.4) is 0 Å². The van der Waals surface area contributed by atoms with Crippen LogP contribution in [0.15, 0.2) is 0 Å². The lowest BCUT2D eigenvalue weighted by molar-refractivity contribution is -0.131. The first kappa shape index (κ1) is 18.2. The summed E-state index contributed by atoms with van der Waals surface area (Å²) in [7, 11) is 0. The van der Waals surface area contributed by atoms with Gasteiger partial charge in [-0.1, -0.05) is 0 Å². The summed E-state index contributed by atoms with van der Waals surface area (Å²) in [4.78, 5) is 23.8. The highest BCUT2D eigenvalue weighted by Gasteiger charge is 2.25. The maximum atomic E-state index is 11.9. The molecule has 3 N–H and O–H groups in total. The number of nitrogens with one attached hydrogen (secondary N) is 3. The van der Waals surface area contributed by atoms with E-state index in [0.717, 1.165) is 19.4 Å². The number of piperidine rings is 1. The van der Waals surface area contributed by atoms with E-state index in [4.69, 9.17) is 0 Å². The van der Waals surface area contributed by atoms with Gasteiger partial charge in [0.2, 0.25) is 11.8 Å². The number of halogens is 1. The Kier molecular flexibility index (Phi) is 7.37. The average molecular weight is 292 g/mol. The van der Waals surface area contributed by atoms with Gasteiger partial charge in [0.15, 0.2) is 0 Å². The van der Waals surface area contributed by atoms with Crippen molar-refractivity contribution in [3.05, 3.63) is 0 Å². The first-order valence-corrected chi connectivity index (χ1v) is 6.63. The molecule has 2 amide bonds. The molecule has 5 nitrogen and oxygen atoms in total. The second kappa shape index (κ2) is 7.70. The molecule has 0 radical (unpaired) electrons. The number of carbonyl (C=O) groups excluding carboxylic acids is 2. The summed E-state index contributed by atoms with van der Waals surface area (Å²) in [6, 6.07) is -0.487. The van der Waals surface area contributed by atoms with Gasteiger partial charge in [0.1, 0.15) is 6.04 Å². The molecule has 1 unspecified atom stereocenters. The first-order chi connectivity index (χ1) is 8.29. The number of hydrogen-bond acceptors (Lipinski definition) is 3. The Balaban J connectivity index is 0.00000324. The van der Waals surface area contributed by atoms with Crippen LogP contribution in [-0.2, 0) is 9.59 Å². The molecule has 1 aliphatic heterocycles. The molecule has 1 aliphatic rings. The lowest BCUT2D eigenvalue weighted by atomic mass is 9.98. The van der Waals surface area contributed by atoms with Gasteiger partial charge in [0, 0.05) is 12.1 Å². The molecule has 0 aliphatic carbocycles. The zero-order valence-corrected chi connectivity index (χ0v) is 13.0. The van der Waals surface area contributed by atoms with Gasteiger partial charge in [-0.3, -0.25) is 9.59 Å². The van der Waals surface area contributed by atoms with Crippen molar-refractivity contribution in [2.45, 2.75) is 52.1 Å². The summed E-state index contributed by atoms with van der Waals surface area (Å²) in [5.41, 5.74) is -0.275. The smallest absolute Gasteiger partial charge is 0.242 e. The van der Waals surface area contributed by atoms with Crippen molar-refractivity contribution in [2.24, 2.45) is 5.92 Å². The summed E-state index contributed by atoms with van der Waals surface area (Å²) in [5, 5.41) is 8.83. The van der Waals surface area contributed by atoms with E-state index in [1.165, 1.54) is 0 Å². The maximum Gasteiger partial charge on any atom is 0.242 e. The van der Waals surface area contributed by atoms with Gasteiger partial charge in [-0.05, 0) is 47.1 Å². The maximum absolute atomic E-state index is 11.9. The molecule has 1 heterocycles. The second-order valence-electron chi connectivity index (χ2n) is 6.01. The highest BCUT2D eigenvalue weighted by molar-refractivity contribution is 5.88. The third kappa shape index (κ3) is 6.78. The van der Waals surface area contributed by atoms with Gasteiger partial charge in [0.25, 0.3) is 0 Å². The number of hydrogen-bond donors (Lipinski definition) is 3. The van der Waals surface area contributed by atoms with Crippen LogP contribution in [0.25, 0.3) is 0 Å². The van der Waals surface area contributed by atoms with Crippen LogP contribution in [0.4, 0.5) is 0 Å². The van der Waals surface area contributed by atoms with Crippen molar-refractivity contribution in [3.8, 4) is 0 Å². The average Bonchev–Trinajstić information content (AvgIpc) is 2.27. The lowest BCUT2D eigenvalue weighted by Gasteiger charge is -2.26. The molecule has 0 aromatic rings. The molecular formula is C13H26ClN3O2. The summed E-state index contributed by atoms with van der Waals surface area (Å²) >= 11 is 0. The van der Waals surface area contributed by atoms with E-state index in [1.54, 1.807) is 6.92 Å². The zero-order valence-electron chi connectivity index (χ0n) is 12.2. The van der Waals surface area contributed by atoms with Gasteiger partial charge in [-0.15, -0.1) is 12.4 Å². The van der Waals surface area contributed by atoms with Gasteiger partial charge >= 0.3 is 0 Å². The molecule has 0 aromatic heterocycles. The summed E-state index contributed by atoms with van der Waals surface area (Å²) in [6.45, 7) is 9.16. The minimum Gasteiger partial charge on any atom is -0.350 e. The molecule has 2 atom stereocenters. The fourth-order valence-corrected chi connectivity index (χ4v) is 1.95. The van der Waals surface area contributed by atoms with Gasteiger partial charge in [-0.25, -0.2) is 0 Å². The van der Waals surface area contributed by atoms with Crippen molar-refractivity contribution in [1.29, 1.82) is 0 Å². The number of rotatable bonds is 3. The van der Waals surface area contributed by atoms with Crippen LogP contribution in [0.1, 0.15) is 40.5 Å². The zero-order chi connectivity index (χ0) is 13.8. The minimum atomic E-state index is -0.487. The van der Waals surface area contributed by atoms with Crippen LogP contribution >= 0.6 is 12.4 Å². The first-order valence-electron chi connectivity index (χ1n) is 6.63. The van der Waals surface area contributed by atoms with Gasteiger partial charge in [0.05, 0.1) is 5.92 Å². The molecule has 0 spiro atoms. The van der Waals surface area contributed by atoms with Gasteiger partial charge in [-0.2, -0.15) is 0 Å². The highest BCUT2D eigenvalue weighted by Crippen LogP contribution is 2.10. The van der Waals surface area contributed by atoms with Crippen LogP contribution in [0, 0.1) is 5.92 Å². The van der Waals surface area contributed by atoms with Crippen LogP contribution in [0.5, 0.6) is 0 Å². The Morgan fingerprint density at radius 1 is 1.32 bits per heavy atom. The Hall–Kier alpha value is -0.810. The topological polar surface area (TPSA) is 70.2 Å². The monoisotopic (exact) mass is 291 g/mol. The fourth-order valence-electron chi connectivity index (χ4n) is 1.95. The lowest BCUT2D eigenvalue weighted by Crippen LogP contribution is -2.52. The van der Waals surface area contributed by atoms with E-state index in [2.05, 4.69) is 16.0 Å². The third-order valence-corrected chi connectivity index (χ3v) is 2.92. The van der Waals surface area contributed by atoms with E-state index < -0.39 is 6.04 Å². The highest BCUT2D eigenvalue weighted by atomic mass is 35.5. The van der Waals surface area contributed by atoms with Crippen molar-refractivity contribution in [2.75, 3.05) is 13.1 Å². The quantitative estimate of drug-likeness (QED) is 0.721. The van der Waals surface area contributed by atoms with Crippen LogP contribution in [-0.4, -0.2) is 36.5 Å². The molecule has 1 fully saturated rings. The predicted octanol–water partition coefficient (Wildman–Crippen LogP) is 0.827. The van der Waals surface area contributed by atoms with Crippen LogP contribution in [0.2, 0.25) is 0 Å². The second-order valence-corrected chi connectivity index (χ2v) is 6.01. The van der Waals surface area contributed by atoms with E-state index in [-0.39, 0.29) is 35.7 Å². The summed E-state index contributed by atoms with van der Waals surface area (Å²) < 4.78 is 0. The third-order valence-electron chi connectivity index (χ3n) is 2.92. The van der Waals surface area contributed by atoms with Crippen molar-refractivity contribution >= 4 is 24.2 Å². The molecule has 1 saturated heterocycles. The molecular weight excluding hydrogens is 266 g/mol. The van der Waals surface area contributed by atoms with Crippen LogP contribution < -0.4 is 16.0 Å². The minimum absolute atomic E-state index is 0. The molecule has 6 heteroatoms. The van der Waals surface area contributed by atoms with Gasteiger partial charge < -0.3 is 16.0 Å². The normalized spacial score (nSPS) is 20.9. The molecule has 0 saturated carbocycles. The largest absolute Gasteiger partial charge is 0.350 e. The Bertz CT molecular complexity index is 310. The Morgan fingerprint density at radius 3 is 2.42 bits per heavy atom. The van der Waals surface area contributed by atoms with Crippen molar-refractivity contribution < 1.29 is 9.59 Å².